The molecule has 0 radical (unpaired) electrons. The van der Waals surface area contributed by atoms with Gasteiger partial charge >= 0.3 is 0 Å². The van der Waals surface area contributed by atoms with Crippen LogP contribution in [0.4, 0.5) is 0 Å². The van der Waals surface area contributed by atoms with Gasteiger partial charge in [0.2, 0.25) is 0 Å². The minimum Gasteiger partial charge on any atom is -0.294 e. The van der Waals surface area contributed by atoms with E-state index in [9.17, 15) is 9.59 Å². The van der Waals surface area contributed by atoms with Crippen LogP contribution in [-0.4, -0.2) is 11.6 Å². The van der Waals surface area contributed by atoms with Crippen molar-refractivity contribution < 1.29 is 9.59 Å². The molecule has 2 aromatic rings. The van der Waals surface area contributed by atoms with Gasteiger partial charge in [0.25, 0.3) is 0 Å². The maximum Gasteiger partial charge on any atom is 0.168 e. The second-order valence-electron chi connectivity index (χ2n) is 7.02. The molecule has 0 heterocycles. The van der Waals surface area contributed by atoms with Gasteiger partial charge in [-0.15, -0.1) is 0 Å². The van der Waals surface area contributed by atoms with E-state index in [2.05, 4.69) is 0 Å². The van der Waals surface area contributed by atoms with Gasteiger partial charge in [-0.3, -0.25) is 9.59 Å². The molecule has 0 fully saturated rings. The van der Waals surface area contributed by atoms with Gasteiger partial charge in [0.05, 0.1) is 0 Å². The molecule has 0 spiro atoms. The lowest BCUT2D eigenvalue weighted by Gasteiger charge is -2.21. The summed E-state index contributed by atoms with van der Waals surface area (Å²) in [7, 11) is 0. The highest BCUT2D eigenvalue weighted by Gasteiger charge is 2.26. The van der Waals surface area contributed by atoms with Crippen molar-refractivity contribution in [2.24, 2.45) is 11.3 Å². The minimum atomic E-state index is -0.347. The Balaban J connectivity index is 2.40. The predicted molar refractivity (Wildman–Crippen MR) is 96.1 cm³/mol. The van der Waals surface area contributed by atoms with E-state index in [-0.39, 0.29) is 22.9 Å². The number of fused-ring (bicyclic) bond motifs is 1. The summed E-state index contributed by atoms with van der Waals surface area (Å²) >= 11 is 0. The lowest BCUT2D eigenvalue weighted by Crippen LogP contribution is -2.23. The van der Waals surface area contributed by atoms with Crippen molar-refractivity contribution in [2.45, 2.75) is 47.5 Å². The van der Waals surface area contributed by atoms with E-state index < -0.39 is 0 Å². The molecule has 2 rings (SSSR count). The number of Topliss-reactive ketones (excluding diaryl/α,β-unsaturated/α-hetero) is 2. The van der Waals surface area contributed by atoms with Crippen molar-refractivity contribution >= 4 is 22.3 Å². The summed E-state index contributed by atoms with van der Waals surface area (Å²) in [5, 5.41) is 2.01. The molecule has 122 valence electrons. The minimum absolute atomic E-state index is 0.0404. The SMILES string of the molecule is CCC(C)C(=O)c1ccc2cc(C(=O)C(C)(C)CC)ccc2c1. The van der Waals surface area contributed by atoms with Gasteiger partial charge in [-0.2, -0.15) is 0 Å². The number of benzene rings is 2. The third-order valence-electron chi connectivity index (χ3n) is 4.95. The number of hydrogen-bond donors (Lipinski definition) is 0. The van der Waals surface area contributed by atoms with Crippen molar-refractivity contribution in [1.82, 2.24) is 0 Å². The first-order chi connectivity index (χ1) is 10.8. The number of ketones is 2. The maximum atomic E-state index is 12.6. The summed E-state index contributed by atoms with van der Waals surface area (Å²) < 4.78 is 0. The Hall–Kier alpha value is -1.96. The second-order valence-corrected chi connectivity index (χ2v) is 7.02. The molecular weight excluding hydrogens is 284 g/mol. The van der Waals surface area contributed by atoms with E-state index in [0.717, 1.165) is 34.7 Å². The number of carbonyl (C=O) groups is 2. The lowest BCUT2D eigenvalue weighted by molar-refractivity contribution is 0.0832. The van der Waals surface area contributed by atoms with Gasteiger partial charge in [0.15, 0.2) is 11.6 Å². The van der Waals surface area contributed by atoms with Crippen molar-refractivity contribution in [1.29, 1.82) is 0 Å². The fourth-order valence-electron chi connectivity index (χ4n) is 2.56. The summed E-state index contributed by atoms with van der Waals surface area (Å²) in [4.78, 5) is 24.9. The Bertz CT molecular complexity index is 741. The van der Waals surface area contributed by atoms with E-state index in [4.69, 9.17) is 0 Å². The average Bonchev–Trinajstić information content (AvgIpc) is 2.58. The summed E-state index contributed by atoms with van der Waals surface area (Å²) in [5.41, 5.74) is 1.14. The molecule has 2 aromatic carbocycles. The van der Waals surface area contributed by atoms with Gasteiger partial charge < -0.3 is 0 Å². The van der Waals surface area contributed by atoms with Crippen LogP contribution >= 0.6 is 0 Å². The molecular formula is C21H26O2. The molecule has 0 aliphatic heterocycles. The summed E-state index contributed by atoms with van der Waals surface area (Å²) in [6, 6.07) is 11.5. The first-order valence-electron chi connectivity index (χ1n) is 8.43. The van der Waals surface area contributed by atoms with E-state index in [1.54, 1.807) is 0 Å². The Morgan fingerprint density at radius 1 is 0.957 bits per heavy atom. The summed E-state index contributed by atoms with van der Waals surface area (Å²) in [6.07, 6.45) is 1.66. The van der Waals surface area contributed by atoms with Crippen LogP contribution in [0.25, 0.3) is 10.8 Å². The molecule has 0 N–H and O–H groups in total. The normalized spacial score (nSPS) is 13.1. The van der Waals surface area contributed by atoms with Crippen molar-refractivity contribution in [3.8, 4) is 0 Å². The molecule has 0 amide bonds. The monoisotopic (exact) mass is 310 g/mol. The van der Waals surface area contributed by atoms with Gasteiger partial charge in [-0.1, -0.05) is 58.9 Å². The molecule has 2 nitrogen and oxygen atoms in total. The molecule has 0 aliphatic rings. The second kappa shape index (κ2) is 6.66. The highest BCUT2D eigenvalue weighted by atomic mass is 16.1. The number of hydrogen-bond acceptors (Lipinski definition) is 2. The zero-order chi connectivity index (χ0) is 17.2. The quantitative estimate of drug-likeness (QED) is 0.642. The standard InChI is InChI=1S/C21H26O2/c1-6-14(3)19(22)17-10-8-16-13-18(11-9-15(16)12-17)20(23)21(4,5)7-2/h8-14H,6-7H2,1-5H3. The Morgan fingerprint density at radius 3 is 2.00 bits per heavy atom. The molecule has 0 aromatic heterocycles. The molecule has 0 aliphatic carbocycles. The van der Waals surface area contributed by atoms with Crippen LogP contribution in [0, 0.1) is 11.3 Å². The third-order valence-corrected chi connectivity index (χ3v) is 4.95. The Kier molecular flexibility index (Phi) is 5.03. The average molecular weight is 310 g/mol. The van der Waals surface area contributed by atoms with E-state index in [1.165, 1.54) is 0 Å². The highest BCUT2D eigenvalue weighted by Crippen LogP contribution is 2.28. The van der Waals surface area contributed by atoms with E-state index in [0.29, 0.717) is 0 Å². The van der Waals surface area contributed by atoms with Crippen LogP contribution in [0.1, 0.15) is 68.2 Å². The molecule has 1 atom stereocenters. The lowest BCUT2D eigenvalue weighted by atomic mass is 9.81. The first-order valence-corrected chi connectivity index (χ1v) is 8.43. The smallest absolute Gasteiger partial charge is 0.168 e. The van der Waals surface area contributed by atoms with Crippen LogP contribution in [0.2, 0.25) is 0 Å². The molecule has 0 bridgehead atoms. The predicted octanol–water partition coefficient (Wildman–Crippen LogP) is 5.69. The number of rotatable bonds is 6. The maximum absolute atomic E-state index is 12.6. The molecule has 1 unspecified atom stereocenters. The fourth-order valence-corrected chi connectivity index (χ4v) is 2.56. The summed E-state index contributed by atoms with van der Waals surface area (Å²) in [6.45, 7) is 9.98. The Labute approximate surface area is 138 Å². The molecule has 0 saturated heterocycles. The van der Waals surface area contributed by atoms with Crippen molar-refractivity contribution in [3.05, 3.63) is 47.5 Å². The topological polar surface area (TPSA) is 34.1 Å². The molecule has 0 saturated carbocycles. The van der Waals surface area contributed by atoms with Crippen LogP contribution < -0.4 is 0 Å². The van der Waals surface area contributed by atoms with Gasteiger partial charge in [0, 0.05) is 22.5 Å². The largest absolute Gasteiger partial charge is 0.294 e. The van der Waals surface area contributed by atoms with Crippen LogP contribution in [0.5, 0.6) is 0 Å². The van der Waals surface area contributed by atoms with Crippen molar-refractivity contribution in [3.63, 3.8) is 0 Å². The number of carbonyl (C=O) groups excluding carboxylic acids is 2. The summed E-state index contributed by atoms with van der Waals surface area (Å²) in [5.74, 6) is 0.391. The van der Waals surface area contributed by atoms with E-state index in [1.807, 2.05) is 71.0 Å². The van der Waals surface area contributed by atoms with Gasteiger partial charge in [0.1, 0.15) is 0 Å². The van der Waals surface area contributed by atoms with Gasteiger partial charge in [-0.25, -0.2) is 0 Å². The van der Waals surface area contributed by atoms with Crippen LogP contribution in [0.15, 0.2) is 36.4 Å². The zero-order valence-corrected chi connectivity index (χ0v) is 14.8. The fraction of sp³-hybridized carbons (Fsp3) is 0.429. The van der Waals surface area contributed by atoms with Crippen molar-refractivity contribution in [2.75, 3.05) is 0 Å². The third kappa shape index (κ3) is 3.52. The van der Waals surface area contributed by atoms with Gasteiger partial charge in [-0.05, 0) is 35.7 Å². The first kappa shape index (κ1) is 17.4. The Morgan fingerprint density at radius 2 is 1.48 bits per heavy atom. The highest BCUT2D eigenvalue weighted by molar-refractivity contribution is 6.05. The zero-order valence-electron chi connectivity index (χ0n) is 14.8. The van der Waals surface area contributed by atoms with Crippen LogP contribution in [0.3, 0.4) is 0 Å². The van der Waals surface area contributed by atoms with Crippen LogP contribution in [-0.2, 0) is 0 Å². The molecule has 23 heavy (non-hydrogen) atoms. The molecule has 2 heteroatoms. The van der Waals surface area contributed by atoms with E-state index >= 15 is 0 Å².